The topological polar surface area (TPSA) is 40.5 Å². The molecule has 0 atom stereocenters. The zero-order valence-corrected chi connectivity index (χ0v) is 15.5. The standard InChI is InChI=1S/C20H22Cl2O2/c1-12-8-14(16(21)10-18(12)23)20(6-4-3-5-7-20)15-9-13(2)19(24)11-17(15)22/h8-11,23-24H,3-7H2,1-2H3. The zero-order chi connectivity index (χ0) is 17.5. The van der Waals surface area contributed by atoms with Crippen LogP contribution in [0.15, 0.2) is 24.3 Å². The minimum Gasteiger partial charge on any atom is -0.508 e. The van der Waals surface area contributed by atoms with E-state index >= 15 is 0 Å². The highest BCUT2D eigenvalue weighted by molar-refractivity contribution is 6.32. The van der Waals surface area contributed by atoms with Gasteiger partial charge >= 0.3 is 0 Å². The molecule has 3 rings (SSSR count). The zero-order valence-electron chi connectivity index (χ0n) is 14.0. The van der Waals surface area contributed by atoms with Crippen molar-refractivity contribution in [3.63, 3.8) is 0 Å². The van der Waals surface area contributed by atoms with E-state index in [1.54, 1.807) is 12.1 Å². The average Bonchev–Trinajstić information content (AvgIpc) is 2.55. The molecular weight excluding hydrogens is 343 g/mol. The average molecular weight is 365 g/mol. The summed E-state index contributed by atoms with van der Waals surface area (Å²) < 4.78 is 0. The number of hydrogen-bond acceptors (Lipinski definition) is 2. The monoisotopic (exact) mass is 364 g/mol. The number of phenolic OH excluding ortho intramolecular Hbond substituents is 2. The van der Waals surface area contributed by atoms with E-state index in [1.807, 2.05) is 26.0 Å². The molecule has 1 fully saturated rings. The Balaban J connectivity index is 2.27. The van der Waals surface area contributed by atoms with Gasteiger partial charge in [0.2, 0.25) is 0 Å². The smallest absolute Gasteiger partial charge is 0.119 e. The van der Waals surface area contributed by atoms with Gasteiger partial charge in [-0.05, 0) is 61.1 Å². The van der Waals surface area contributed by atoms with E-state index in [0.717, 1.165) is 47.9 Å². The molecule has 4 heteroatoms. The first kappa shape index (κ1) is 17.4. The number of benzene rings is 2. The number of phenols is 2. The first-order chi connectivity index (χ1) is 11.3. The predicted molar refractivity (Wildman–Crippen MR) is 99.6 cm³/mol. The van der Waals surface area contributed by atoms with Crippen LogP contribution >= 0.6 is 23.2 Å². The van der Waals surface area contributed by atoms with Crippen LogP contribution in [0.1, 0.15) is 54.4 Å². The molecule has 0 unspecified atom stereocenters. The number of aromatic hydroxyl groups is 2. The summed E-state index contributed by atoms with van der Waals surface area (Å²) in [5.41, 5.74) is 3.39. The lowest BCUT2D eigenvalue weighted by molar-refractivity contribution is 0.345. The first-order valence-corrected chi connectivity index (χ1v) is 9.10. The van der Waals surface area contributed by atoms with Crippen molar-refractivity contribution in [2.24, 2.45) is 0 Å². The van der Waals surface area contributed by atoms with Gasteiger partial charge in [0.15, 0.2) is 0 Å². The van der Waals surface area contributed by atoms with Crippen molar-refractivity contribution in [2.75, 3.05) is 0 Å². The van der Waals surface area contributed by atoms with Crippen LogP contribution in [0.25, 0.3) is 0 Å². The Kier molecular flexibility index (Phi) is 4.72. The van der Waals surface area contributed by atoms with Gasteiger partial charge in [0.25, 0.3) is 0 Å². The molecule has 24 heavy (non-hydrogen) atoms. The van der Waals surface area contributed by atoms with Crippen molar-refractivity contribution < 1.29 is 10.2 Å². The fourth-order valence-electron chi connectivity index (χ4n) is 3.91. The molecule has 2 nitrogen and oxygen atoms in total. The predicted octanol–water partition coefficient (Wildman–Crippen LogP) is 6.27. The molecular formula is C20H22Cl2O2. The highest BCUT2D eigenvalue weighted by Gasteiger charge is 2.39. The van der Waals surface area contributed by atoms with Crippen molar-refractivity contribution in [3.05, 3.63) is 56.6 Å². The summed E-state index contributed by atoms with van der Waals surface area (Å²) in [4.78, 5) is 0. The molecule has 1 aliphatic carbocycles. The second-order valence-electron chi connectivity index (χ2n) is 6.88. The van der Waals surface area contributed by atoms with Gasteiger partial charge < -0.3 is 10.2 Å². The summed E-state index contributed by atoms with van der Waals surface area (Å²) in [5, 5.41) is 21.1. The van der Waals surface area contributed by atoms with E-state index < -0.39 is 0 Å². The molecule has 2 N–H and O–H groups in total. The lowest BCUT2D eigenvalue weighted by Crippen LogP contribution is -2.31. The fourth-order valence-corrected chi connectivity index (χ4v) is 4.59. The third-order valence-electron chi connectivity index (χ3n) is 5.31. The van der Waals surface area contributed by atoms with Gasteiger partial charge in [-0.25, -0.2) is 0 Å². The van der Waals surface area contributed by atoms with Crippen LogP contribution in [0.3, 0.4) is 0 Å². The molecule has 128 valence electrons. The molecule has 2 aromatic rings. The van der Waals surface area contributed by atoms with Gasteiger partial charge in [-0.1, -0.05) is 54.6 Å². The van der Waals surface area contributed by atoms with Crippen molar-refractivity contribution in [1.82, 2.24) is 0 Å². The van der Waals surface area contributed by atoms with E-state index in [0.29, 0.717) is 10.0 Å². The largest absolute Gasteiger partial charge is 0.508 e. The Labute approximate surface area is 153 Å². The molecule has 0 aliphatic heterocycles. The molecule has 0 heterocycles. The van der Waals surface area contributed by atoms with Crippen LogP contribution in [0.4, 0.5) is 0 Å². The van der Waals surface area contributed by atoms with E-state index in [1.165, 1.54) is 6.42 Å². The lowest BCUT2D eigenvalue weighted by atomic mass is 9.65. The van der Waals surface area contributed by atoms with Crippen LogP contribution < -0.4 is 0 Å². The Morgan fingerprint density at radius 2 is 1.17 bits per heavy atom. The van der Waals surface area contributed by atoms with Crippen LogP contribution in [-0.2, 0) is 5.41 Å². The van der Waals surface area contributed by atoms with E-state index in [9.17, 15) is 10.2 Å². The third kappa shape index (κ3) is 2.87. The summed E-state index contributed by atoms with van der Waals surface area (Å²) in [6.45, 7) is 3.77. The van der Waals surface area contributed by atoms with Crippen LogP contribution in [-0.4, -0.2) is 10.2 Å². The molecule has 2 aromatic carbocycles. The fraction of sp³-hybridized carbons (Fsp3) is 0.400. The molecule has 0 saturated heterocycles. The minimum absolute atomic E-state index is 0.211. The minimum atomic E-state index is -0.274. The highest BCUT2D eigenvalue weighted by atomic mass is 35.5. The van der Waals surface area contributed by atoms with E-state index in [2.05, 4.69) is 0 Å². The molecule has 1 saturated carbocycles. The van der Waals surface area contributed by atoms with Crippen LogP contribution in [0.5, 0.6) is 11.5 Å². The maximum Gasteiger partial charge on any atom is 0.119 e. The van der Waals surface area contributed by atoms with Crippen molar-refractivity contribution in [1.29, 1.82) is 0 Å². The number of aryl methyl sites for hydroxylation is 2. The summed E-state index contributed by atoms with van der Waals surface area (Å²) in [6.07, 6.45) is 5.33. The number of hydrogen-bond donors (Lipinski definition) is 2. The lowest BCUT2D eigenvalue weighted by Gasteiger charge is -2.40. The molecule has 0 radical (unpaired) electrons. The molecule has 0 bridgehead atoms. The first-order valence-electron chi connectivity index (χ1n) is 8.34. The van der Waals surface area contributed by atoms with Gasteiger partial charge in [-0.2, -0.15) is 0 Å². The maximum atomic E-state index is 9.97. The Morgan fingerprint density at radius 1 is 0.750 bits per heavy atom. The molecule has 0 aromatic heterocycles. The van der Waals surface area contributed by atoms with Crippen molar-refractivity contribution >= 4 is 23.2 Å². The van der Waals surface area contributed by atoms with Crippen LogP contribution in [0, 0.1) is 13.8 Å². The number of rotatable bonds is 2. The van der Waals surface area contributed by atoms with Gasteiger partial charge in [0.05, 0.1) is 0 Å². The second kappa shape index (κ2) is 6.50. The van der Waals surface area contributed by atoms with Crippen LogP contribution in [0.2, 0.25) is 10.0 Å². The SMILES string of the molecule is Cc1cc(C2(c3cc(C)c(O)cc3Cl)CCCCC2)c(Cl)cc1O. The summed E-state index contributed by atoms with van der Waals surface area (Å²) in [6, 6.07) is 7.23. The number of halogens is 2. The quantitative estimate of drug-likeness (QED) is 0.658. The van der Waals surface area contributed by atoms with Gasteiger partial charge in [0.1, 0.15) is 11.5 Å². The third-order valence-corrected chi connectivity index (χ3v) is 5.93. The summed E-state index contributed by atoms with van der Waals surface area (Å²) >= 11 is 13.1. The Hall–Kier alpha value is -1.38. The van der Waals surface area contributed by atoms with E-state index in [-0.39, 0.29) is 16.9 Å². The highest BCUT2D eigenvalue weighted by Crippen LogP contribution is 2.51. The second-order valence-corrected chi connectivity index (χ2v) is 7.69. The Morgan fingerprint density at radius 3 is 1.58 bits per heavy atom. The molecule has 1 aliphatic rings. The van der Waals surface area contributed by atoms with Crippen molar-refractivity contribution in [2.45, 2.75) is 51.4 Å². The van der Waals surface area contributed by atoms with E-state index in [4.69, 9.17) is 23.2 Å². The maximum absolute atomic E-state index is 9.97. The summed E-state index contributed by atoms with van der Waals surface area (Å²) in [5.74, 6) is 0.422. The summed E-state index contributed by atoms with van der Waals surface area (Å²) in [7, 11) is 0. The van der Waals surface area contributed by atoms with Crippen molar-refractivity contribution in [3.8, 4) is 11.5 Å². The van der Waals surface area contributed by atoms with Gasteiger partial charge in [0, 0.05) is 15.5 Å². The van der Waals surface area contributed by atoms with Gasteiger partial charge in [-0.15, -0.1) is 0 Å². The molecule has 0 amide bonds. The normalized spacial score (nSPS) is 17.0. The van der Waals surface area contributed by atoms with Gasteiger partial charge in [-0.3, -0.25) is 0 Å². The Bertz CT molecular complexity index is 718. The molecule has 0 spiro atoms.